The minimum absolute atomic E-state index is 0.0310. The monoisotopic (exact) mass is 309 g/mol. The minimum atomic E-state index is -0.946. The van der Waals surface area contributed by atoms with Crippen LogP contribution >= 0.6 is 0 Å². The Labute approximate surface area is 123 Å². The fraction of sp³-hybridized carbons (Fsp3) is 0.0714. The van der Waals surface area contributed by atoms with E-state index in [4.69, 9.17) is 4.74 Å². The predicted octanol–water partition coefficient (Wildman–Crippen LogP) is 3.45. The summed E-state index contributed by atoms with van der Waals surface area (Å²) in [7, 11) is 1.07. The molecule has 0 saturated carbocycles. The largest absolute Gasteiger partial charge is 0.465 e. The van der Waals surface area contributed by atoms with Crippen molar-refractivity contribution in [2.75, 3.05) is 7.11 Å². The molecule has 2 aromatic rings. The molecule has 0 N–H and O–H groups in total. The number of benzene rings is 2. The second-order valence-corrected chi connectivity index (χ2v) is 4.10. The first-order chi connectivity index (χ1) is 10.4. The molecule has 0 saturated heterocycles. The van der Waals surface area contributed by atoms with Crippen LogP contribution in [0.3, 0.4) is 0 Å². The number of hydrogen-bond donors (Lipinski definition) is 0. The van der Waals surface area contributed by atoms with Crippen LogP contribution in [0.1, 0.15) is 10.4 Å². The number of nitro groups is 1. The van der Waals surface area contributed by atoms with Gasteiger partial charge in [0.1, 0.15) is 17.1 Å². The molecule has 6 nitrogen and oxygen atoms in total. The van der Waals surface area contributed by atoms with Crippen LogP contribution < -0.4 is 4.74 Å². The molecule has 0 spiro atoms. The zero-order chi connectivity index (χ0) is 16.3. The van der Waals surface area contributed by atoms with E-state index in [0.29, 0.717) is 6.07 Å². The highest BCUT2D eigenvalue weighted by atomic mass is 19.1. The first kappa shape index (κ1) is 15.4. The molecule has 2 aromatic carbocycles. The van der Waals surface area contributed by atoms with Gasteiger partial charge in [0.2, 0.25) is 0 Å². The molecule has 0 aliphatic rings. The summed E-state index contributed by atoms with van der Waals surface area (Å²) in [6.07, 6.45) is 0. The highest BCUT2D eigenvalue weighted by Crippen LogP contribution is 2.29. The molecule has 0 aliphatic heterocycles. The summed E-state index contributed by atoms with van der Waals surface area (Å²) in [5, 5.41) is 10.9. The van der Waals surface area contributed by atoms with Gasteiger partial charge < -0.3 is 9.47 Å². The van der Waals surface area contributed by atoms with Crippen LogP contribution in [-0.2, 0) is 4.74 Å². The maximum atomic E-state index is 13.5. The molecule has 0 aromatic heterocycles. The van der Waals surface area contributed by atoms with Gasteiger partial charge in [-0.1, -0.05) is 0 Å². The Kier molecular flexibility index (Phi) is 4.31. The van der Waals surface area contributed by atoms with E-state index in [9.17, 15) is 23.7 Å². The lowest BCUT2D eigenvalue weighted by Gasteiger charge is -2.08. The van der Waals surface area contributed by atoms with E-state index >= 15 is 0 Å². The van der Waals surface area contributed by atoms with Crippen LogP contribution in [0.15, 0.2) is 36.4 Å². The van der Waals surface area contributed by atoms with Crippen LogP contribution in [0, 0.1) is 21.7 Å². The quantitative estimate of drug-likeness (QED) is 0.491. The lowest BCUT2D eigenvalue weighted by Crippen LogP contribution is -2.06. The highest BCUT2D eigenvalue weighted by Gasteiger charge is 2.22. The van der Waals surface area contributed by atoms with Gasteiger partial charge >= 0.3 is 5.97 Å². The van der Waals surface area contributed by atoms with Gasteiger partial charge in [-0.3, -0.25) is 10.1 Å². The van der Waals surface area contributed by atoms with Gasteiger partial charge in [-0.25, -0.2) is 13.6 Å². The topological polar surface area (TPSA) is 78.7 Å². The van der Waals surface area contributed by atoms with Crippen LogP contribution in [0.2, 0.25) is 0 Å². The molecule has 0 unspecified atom stereocenters. The van der Waals surface area contributed by atoms with Crippen LogP contribution in [0.5, 0.6) is 11.5 Å². The van der Waals surface area contributed by atoms with Gasteiger partial charge in [-0.05, 0) is 18.2 Å². The van der Waals surface area contributed by atoms with Crippen molar-refractivity contribution < 1.29 is 28.0 Å². The summed E-state index contributed by atoms with van der Waals surface area (Å²) in [6.45, 7) is 0. The average molecular weight is 309 g/mol. The van der Waals surface area contributed by atoms with Crippen molar-refractivity contribution in [3.8, 4) is 11.5 Å². The van der Waals surface area contributed by atoms with E-state index in [-0.39, 0.29) is 17.1 Å². The normalized spacial score (nSPS) is 10.1. The predicted molar refractivity (Wildman–Crippen MR) is 70.9 cm³/mol. The molecular formula is C14H9F2NO5. The zero-order valence-electron chi connectivity index (χ0n) is 11.2. The minimum Gasteiger partial charge on any atom is -0.465 e. The summed E-state index contributed by atoms with van der Waals surface area (Å²) in [6, 6.07) is 5.94. The van der Waals surface area contributed by atoms with Crippen LogP contribution in [-0.4, -0.2) is 18.0 Å². The second-order valence-electron chi connectivity index (χ2n) is 4.10. The maximum Gasteiger partial charge on any atom is 0.345 e. The SMILES string of the molecule is COC(=O)c1cc(Oc2ccc(F)cc2F)ccc1[N+](=O)[O-]. The fourth-order valence-electron chi connectivity index (χ4n) is 1.70. The third-order valence-corrected chi connectivity index (χ3v) is 2.69. The van der Waals surface area contributed by atoms with Crippen molar-refractivity contribution in [3.05, 3.63) is 63.7 Å². The highest BCUT2D eigenvalue weighted by molar-refractivity contribution is 5.94. The molecule has 114 valence electrons. The standard InChI is InChI=1S/C14H9F2NO5/c1-21-14(18)10-7-9(3-4-12(10)17(19)20)22-13-5-2-8(15)6-11(13)16/h2-7H,1H3. The number of halogens is 2. The van der Waals surface area contributed by atoms with E-state index in [1.165, 1.54) is 6.07 Å². The molecule has 0 atom stereocenters. The fourth-order valence-corrected chi connectivity index (χ4v) is 1.70. The molecule has 0 heterocycles. The third kappa shape index (κ3) is 3.17. The van der Waals surface area contributed by atoms with E-state index < -0.39 is 28.2 Å². The van der Waals surface area contributed by atoms with E-state index in [0.717, 1.165) is 31.4 Å². The number of nitrogens with zero attached hydrogens (tertiary/aromatic N) is 1. The smallest absolute Gasteiger partial charge is 0.345 e. The molecule has 0 radical (unpaired) electrons. The molecule has 22 heavy (non-hydrogen) atoms. The van der Waals surface area contributed by atoms with Crippen molar-refractivity contribution in [3.63, 3.8) is 0 Å². The van der Waals surface area contributed by atoms with Crippen molar-refractivity contribution in [2.45, 2.75) is 0 Å². The third-order valence-electron chi connectivity index (χ3n) is 2.69. The summed E-state index contributed by atoms with van der Waals surface area (Å²) >= 11 is 0. The number of rotatable bonds is 4. The van der Waals surface area contributed by atoms with Gasteiger partial charge in [-0.2, -0.15) is 0 Å². The van der Waals surface area contributed by atoms with E-state index in [1.807, 2.05) is 0 Å². The Balaban J connectivity index is 2.40. The number of carbonyl (C=O) groups is 1. The molecule has 0 fully saturated rings. The van der Waals surface area contributed by atoms with Gasteiger partial charge in [0, 0.05) is 18.2 Å². The lowest BCUT2D eigenvalue weighted by molar-refractivity contribution is -0.385. The average Bonchev–Trinajstić information content (AvgIpc) is 2.49. The molecular weight excluding hydrogens is 300 g/mol. The number of carbonyl (C=O) groups excluding carboxylic acids is 1. The molecule has 0 bridgehead atoms. The second kappa shape index (κ2) is 6.17. The number of nitro benzene ring substituents is 1. The Morgan fingerprint density at radius 2 is 1.91 bits per heavy atom. The van der Waals surface area contributed by atoms with Crippen molar-refractivity contribution in [2.24, 2.45) is 0 Å². The zero-order valence-corrected chi connectivity index (χ0v) is 11.2. The first-order valence-electron chi connectivity index (χ1n) is 5.92. The lowest BCUT2D eigenvalue weighted by atomic mass is 10.1. The number of esters is 1. The number of hydrogen-bond acceptors (Lipinski definition) is 5. The van der Waals surface area contributed by atoms with Crippen molar-refractivity contribution in [1.29, 1.82) is 0 Å². The van der Waals surface area contributed by atoms with Crippen LogP contribution in [0.25, 0.3) is 0 Å². The molecule has 2 rings (SSSR count). The molecule has 0 aliphatic carbocycles. The summed E-state index contributed by atoms with van der Waals surface area (Å²) in [4.78, 5) is 21.7. The summed E-state index contributed by atoms with van der Waals surface area (Å²) in [5.41, 5.74) is -0.814. The summed E-state index contributed by atoms with van der Waals surface area (Å²) in [5.74, 6) is -2.97. The first-order valence-corrected chi connectivity index (χ1v) is 5.92. The van der Waals surface area contributed by atoms with E-state index in [1.54, 1.807) is 0 Å². The Morgan fingerprint density at radius 1 is 1.18 bits per heavy atom. The molecule has 8 heteroatoms. The van der Waals surface area contributed by atoms with Gasteiger partial charge in [0.15, 0.2) is 11.6 Å². The Bertz CT molecular complexity index is 748. The van der Waals surface area contributed by atoms with Crippen LogP contribution in [0.4, 0.5) is 14.5 Å². The van der Waals surface area contributed by atoms with Gasteiger partial charge in [0.25, 0.3) is 5.69 Å². The Morgan fingerprint density at radius 3 is 2.50 bits per heavy atom. The summed E-state index contributed by atoms with van der Waals surface area (Å²) < 4.78 is 35.9. The van der Waals surface area contributed by atoms with Gasteiger partial charge in [-0.15, -0.1) is 0 Å². The van der Waals surface area contributed by atoms with Crippen molar-refractivity contribution >= 4 is 11.7 Å². The number of ether oxygens (including phenoxy) is 2. The Hall–Kier alpha value is -3.03. The van der Waals surface area contributed by atoms with Crippen molar-refractivity contribution in [1.82, 2.24) is 0 Å². The maximum absolute atomic E-state index is 13.5. The molecule has 0 amide bonds. The van der Waals surface area contributed by atoms with E-state index in [2.05, 4.69) is 4.74 Å². The van der Waals surface area contributed by atoms with Gasteiger partial charge in [0.05, 0.1) is 12.0 Å². The number of methoxy groups -OCH3 is 1.